The summed E-state index contributed by atoms with van der Waals surface area (Å²) >= 11 is 7.28. The molecule has 0 saturated heterocycles. The molecule has 0 aliphatic carbocycles. The number of aromatic nitrogens is 3. The Hall–Kier alpha value is -3.29. The summed E-state index contributed by atoms with van der Waals surface area (Å²) in [7, 11) is 0. The summed E-state index contributed by atoms with van der Waals surface area (Å²) in [5.74, 6) is 6.75. The van der Waals surface area contributed by atoms with Gasteiger partial charge in [-0.2, -0.15) is 0 Å². The van der Waals surface area contributed by atoms with E-state index in [-0.39, 0.29) is 17.7 Å². The lowest BCUT2D eigenvalue weighted by atomic mass is 9.99. The van der Waals surface area contributed by atoms with E-state index in [1.54, 1.807) is 0 Å². The molecule has 1 atom stereocenters. The van der Waals surface area contributed by atoms with Crippen molar-refractivity contribution in [2.75, 3.05) is 11.6 Å². The van der Waals surface area contributed by atoms with Gasteiger partial charge in [-0.1, -0.05) is 95.7 Å². The van der Waals surface area contributed by atoms with Gasteiger partial charge in [-0.05, 0) is 30.2 Å². The molecule has 0 radical (unpaired) electrons. The van der Waals surface area contributed by atoms with Crippen LogP contribution in [0.5, 0.6) is 0 Å². The summed E-state index contributed by atoms with van der Waals surface area (Å²) in [6.07, 6.45) is 0. The molecule has 8 heteroatoms. The van der Waals surface area contributed by atoms with Gasteiger partial charge in [0, 0.05) is 10.6 Å². The number of halogens is 1. The lowest BCUT2D eigenvalue weighted by molar-refractivity contribution is -0.119. The van der Waals surface area contributed by atoms with Crippen LogP contribution in [0.2, 0.25) is 5.02 Å². The van der Waals surface area contributed by atoms with E-state index < -0.39 is 0 Å². The summed E-state index contributed by atoms with van der Waals surface area (Å²) in [5.41, 5.74) is 3.95. The van der Waals surface area contributed by atoms with Crippen LogP contribution in [0.15, 0.2) is 84.0 Å². The molecular formula is C24H22ClN5OS. The molecule has 0 fully saturated rings. The molecule has 6 nitrogen and oxygen atoms in total. The monoisotopic (exact) mass is 463 g/mol. The molecule has 0 saturated carbocycles. The zero-order valence-electron chi connectivity index (χ0n) is 17.4. The maximum absolute atomic E-state index is 12.8. The van der Waals surface area contributed by atoms with Crippen molar-refractivity contribution in [1.82, 2.24) is 20.2 Å². The molecule has 4 aromatic rings. The van der Waals surface area contributed by atoms with Crippen molar-refractivity contribution in [3.8, 4) is 11.4 Å². The van der Waals surface area contributed by atoms with Crippen molar-refractivity contribution in [2.45, 2.75) is 18.1 Å². The number of thioether (sulfide) groups is 1. The van der Waals surface area contributed by atoms with Crippen molar-refractivity contribution in [3.05, 3.63) is 101 Å². The fourth-order valence-corrected chi connectivity index (χ4v) is 4.06. The molecule has 1 amide bonds. The number of aryl methyl sites for hydroxylation is 1. The summed E-state index contributed by atoms with van der Waals surface area (Å²) in [6.45, 7) is 2.02. The van der Waals surface area contributed by atoms with E-state index in [0.717, 1.165) is 22.3 Å². The zero-order chi connectivity index (χ0) is 22.5. The number of nitrogen functional groups attached to an aromatic ring is 1. The molecule has 32 heavy (non-hydrogen) atoms. The minimum Gasteiger partial charge on any atom is -0.344 e. The molecule has 1 heterocycles. The van der Waals surface area contributed by atoms with Crippen molar-refractivity contribution in [1.29, 1.82) is 0 Å². The maximum Gasteiger partial charge on any atom is 0.231 e. The minimum absolute atomic E-state index is 0.140. The summed E-state index contributed by atoms with van der Waals surface area (Å²) in [4.78, 5) is 12.8. The van der Waals surface area contributed by atoms with E-state index in [4.69, 9.17) is 17.4 Å². The average Bonchev–Trinajstić information content (AvgIpc) is 3.18. The third kappa shape index (κ3) is 5.12. The number of hydrogen-bond acceptors (Lipinski definition) is 5. The number of nitrogens with two attached hydrogens (primary N) is 1. The maximum atomic E-state index is 12.8. The van der Waals surface area contributed by atoms with Gasteiger partial charge in [0.15, 0.2) is 5.82 Å². The molecule has 1 unspecified atom stereocenters. The summed E-state index contributed by atoms with van der Waals surface area (Å²) in [5, 5.41) is 12.5. The quantitative estimate of drug-likeness (QED) is 0.308. The Morgan fingerprint density at radius 3 is 2.34 bits per heavy atom. The van der Waals surface area contributed by atoms with Crippen molar-refractivity contribution in [2.24, 2.45) is 0 Å². The second-order valence-corrected chi connectivity index (χ2v) is 8.67. The van der Waals surface area contributed by atoms with Gasteiger partial charge >= 0.3 is 0 Å². The van der Waals surface area contributed by atoms with Gasteiger partial charge in [0.2, 0.25) is 11.1 Å². The first-order valence-electron chi connectivity index (χ1n) is 10.0. The van der Waals surface area contributed by atoms with Gasteiger partial charge in [0.05, 0.1) is 11.8 Å². The van der Waals surface area contributed by atoms with E-state index in [9.17, 15) is 4.79 Å². The highest BCUT2D eigenvalue weighted by Crippen LogP contribution is 2.25. The predicted molar refractivity (Wildman–Crippen MR) is 129 cm³/mol. The molecule has 4 rings (SSSR count). The average molecular weight is 464 g/mol. The summed E-state index contributed by atoms with van der Waals surface area (Å²) in [6, 6.07) is 24.8. The van der Waals surface area contributed by atoms with Crippen LogP contribution in [0, 0.1) is 6.92 Å². The first-order valence-corrected chi connectivity index (χ1v) is 11.4. The molecule has 0 spiro atoms. The Kier molecular flexibility index (Phi) is 6.78. The molecule has 0 aliphatic heterocycles. The number of nitrogens with one attached hydrogen (secondary N) is 1. The van der Waals surface area contributed by atoms with Crippen molar-refractivity contribution >= 4 is 29.3 Å². The lowest BCUT2D eigenvalue weighted by Gasteiger charge is -2.20. The normalized spacial score (nSPS) is 11.8. The second-order valence-electron chi connectivity index (χ2n) is 7.29. The highest BCUT2D eigenvalue weighted by Gasteiger charge is 2.19. The zero-order valence-corrected chi connectivity index (χ0v) is 19.0. The highest BCUT2D eigenvalue weighted by atomic mass is 35.5. The van der Waals surface area contributed by atoms with E-state index in [1.165, 1.54) is 16.4 Å². The van der Waals surface area contributed by atoms with Crippen LogP contribution in [0.25, 0.3) is 11.4 Å². The van der Waals surface area contributed by atoms with Gasteiger partial charge in [0.25, 0.3) is 0 Å². The largest absolute Gasteiger partial charge is 0.344 e. The molecule has 0 bridgehead atoms. The minimum atomic E-state index is -0.291. The topological polar surface area (TPSA) is 85.8 Å². The Bertz CT molecular complexity index is 1190. The van der Waals surface area contributed by atoms with Gasteiger partial charge in [-0.25, -0.2) is 4.68 Å². The Labute approximate surface area is 195 Å². The van der Waals surface area contributed by atoms with E-state index >= 15 is 0 Å². The molecule has 162 valence electrons. The second kappa shape index (κ2) is 9.89. The van der Waals surface area contributed by atoms with Crippen LogP contribution in [0.3, 0.4) is 0 Å². The van der Waals surface area contributed by atoms with E-state index in [2.05, 4.69) is 15.5 Å². The first kappa shape index (κ1) is 21.9. The van der Waals surface area contributed by atoms with E-state index in [1.807, 2.05) is 85.8 Å². The fraction of sp³-hybridized carbons (Fsp3) is 0.125. The first-order chi connectivity index (χ1) is 15.5. The SMILES string of the molecule is Cc1ccc(-c2nnc(SCC(=O)NC(c3ccccc3)c3ccc(Cl)cc3)n2N)cc1. The number of hydrogen-bond donors (Lipinski definition) is 2. The van der Waals surface area contributed by atoms with Crippen LogP contribution < -0.4 is 11.2 Å². The number of carbonyl (C=O) groups is 1. The van der Waals surface area contributed by atoms with Gasteiger partial charge in [0.1, 0.15) is 0 Å². The Balaban J connectivity index is 1.46. The third-order valence-electron chi connectivity index (χ3n) is 4.95. The molecular weight excluding hydrogens is 442 g/mol. The molecule has 1 aromatic heterocycles. The Morgan fingerprint density at radius 2 is 1.66 bits per heavy atom. The van der Waals surface area contributed by atoms with Crippen LogP contribution >= 0.6 is 23.4 Å². The van der Waals surface area contributed by atoms with Crippen LogP contribution in [0.4, 0.5) is 0 Å². The fourth-order valence-electron chi connectivity index (χ4n) is 3.27. The predicted octanol–water partition coefficient (Wildman–Crippen LogP) is 4.62. The lowest BCUT2D eigenvalue weighted by Crippen LogP contribution is -2.30. The number of nitrogens with zero attached hydrogens (tertiary/aromatic N) is 3. The van der Waals surface area contributed by atoms with Crippen LogP contribution in [-0.4, -0.2) is 26.5 Å². The number of benzene rings is 3. The molecule has 3 N–H and O–H groups in total. The highest BCUT2D eigenvalue weighted by molar-refractivity contribution is 7.99. The van der Waals surface area contributed by atoms with Gasteiger partial charge < -0.3 is 11.2 Å². The van der Waals surface area contributed by atoms with Gasteiger partial charge in [-0.3, -0.25) is 4.79 Å². The summed E-state index contributed by atoms with van der Waals surface area (Å²) < 4.78 is 1.41. The Morgan fingerprint density at radius 1 is 1.00 bits per heavy atom. The van der Waals surface area contributed by atoms with Crippen molar-refractivity contribution < 1.29 is 4.79 Å². The number of rotatable bonds is 7. The standard InChI is InChI=1S/C24H22ClN5OS/c1-16-7-9-19(10-8-16)23-28-29-24(30(23)26)32-15-21(31)27-22(17-5-3-2-4-6-17)18-11-13-20(25)14-12-18/h2-14,22H,15,26H2,1H3,(H,27,31). The van der Waals surface area contributed by atoms with Gasteiger partial charge in [-0.15, -0.1) is 10.2 Å². The number of carbonyl (C=O) groups excluding carboxylic acids is 1. The van der Waals surface area contributed by atoms with Crippen LogP contribution in [-0.2, 0) is 4.79 Å². The molecule has 0 aliphatic rings. The smallest absolute Gasteiger partial charge is 0.231 e. The van der Waals surface area contributed by atoms with Crippen LogP contribution in [0.1, 0.15) is 22.7 Å². The molecule has 3 aromatic carbocycles. The van der Waals surface area contributed by atoms with Crippen molar-refractivity contribution in [3.63, 3.8) is 0 Å². The number of amides is 1. The van der Waals surface area contributed by atoms with E-state index in [0.29, 0.717) is 16.0 Å². The third-order valence-corrected chi connectivity index (χ3v) is 6.14.